The summed E-state index contributed by atoms with van der Waals surface area (Å²) < 4.78 is 32.5. The molecule has 2 heterocycles. The van der Waals surface area contributed by atoms with Gasteiger partial charge in [0.05, 0.1) is 17.7 Å². The van der Waals surface area contributed by atoms with Crippen LogP contribution >= 0.6 is 0 Å². The summed E-state index contributed by atoms with van der Waals surface area (Å²) in [4.78, 5) is 26.2. The van der Waals surface area contributed by atoms with Gasteiger partial charge in [-0.1, -0.05) is 31.4 Å². The van der Waals surface area contributed by atoms with E-state index < -0.39 is 15.9 Å². The summed E-state index contributed by atoms with van der Waals surface area (Å²) in [6.07, 6.45) is 7.49. The molecule has 1 saturated heterocycles. The number of carbonyl (C=O) groups is 2. The Hall–Kier alpha value is -2.65. The van der Waals surface area contributed by atoms with Gasteiger partial charge in [0.15, 0.2) is 5.76 Å². The number of rotatable bonds is 6. The lowest BCUT2D eigenvalue weighted by atomic mass is 9.84. The molecule has 0 spiro atoms. The first-order chi connectivity index (χ1) is 15.4. The van der Waals surface area contributed by atoms with Crippen molar-refractivity contribution >= 4 is 21.8 Å². The van der Waals surface area contributed by atoms with Gasteiger partial charge in [-0.05, 0) is 48.6 Å². The molecule has 2 aliphatic rings. The Balaban J connectivity index is 1.30. The van der Waals surface area contributed by atoms with Crippen LogP contribution in [0.1, 0.15) is 54.1 Å². The molecule has 1 saturated carbocycles. The predicted molar refractivity (Wildman–Crippen MR) is 119 cm³/mol. The van der Waals surface area contributed by atoms with E-state index >= 15 is 0 Å². The molecule has 0 radical (unpaired) electrons. The Labute approximate surface area is 188 Å². The second-order valence-electron chi connectivity index (χ2n) is 8.35. The van der Waals surface area contributed by atoms with Crippen molar-refractivity contribution in [3.8, 4) is 0 Å². The summed E-state index contributed by atoms with van der Waals surface area (Å²) >= 11 is 0. The molecule has 172 valence electrons. The lowest BCUT2D eigenvalue weighted by Crippen LogP contribution is -2.52. The second kappa shape index (κ2) is 9.87. The van der Waals surface area contributed by atoms with Crippen LogP contribution in [0, 0.1) is 0 Å². The Morgan fingerprint density at radius 1 is 0.969 bits per heavy atom. The minimum absolute atomic E-state index is 0.142. The van der Waals surface area contributed by atoms with E-state index in [1.165, 1.54) is 54.3 Å². The van der Waals surface area contributed by atoms with Crippen LogP contribution < -0.4 is 5.32 Å². The fourth-order valence-corrected chi connectivity index (χ4v) is 5.86. The number of benzene rings is 1. The first-order valence-corrected chi connectivity index (χ1v) is 12.6. The molecular weight excluding hydrogens is 430 g/mol. The predicted octanol–water partition coefficient (Wildman–Crippen LogP) is 2.59. The topological polar surface area (TPSA) is 99.9 Å². The second-order valence-corrected chi connectivity index (χ2v) is 10.3. The molecule has 0 unspecified atom stereocenters. The molecule has 1 N–H and O–H groups in total. The molecule has 2 amide bonds. The Morgan fingerprint density at radius 3 is 2.28 bits per heavy atom. The third-order valence-electron chi connectivity index (χ3n) is 6.33. The van der Waals surface area contributed by atoms with Gasteiger partial charge in [-0.25, -0.2) is 8.42 Å². The summed E-state index contributed by atoms with van der Waals surface area (Å²) in [6, 6.07) is 10.4. The normalized spacial score (nSPS) is 18.4. The van der Waals surface area contributed by atoms with Crippen molar-refractivity contribution in [3.05, 3.63) is 54.0 Å². The van der Waals surface area contributed by atoms with Crippen molar-refractivity contribution in [2.24, 2.45) is 0 Å². The molecule has 0 bridgehead atoms. The van der Waals surface area contributed by atoms with E-state index in [1.807, 2.05) is 12.1 Å². The van der Waals surface area contributed by atoms with Gasteiger partial charge in [0.2, 0.25) is 15.9 Å². The highest BCUT2D eigenvalue weighted by Gasteiger charge is 2.30. The van der Waals surface area contributed by atoms with Gasteiger partial charge in [0, 0.05) is 26.2 Å². The highest BCUT2D eigenvalue weighted by molar-refractivity contribution is 7.89. The number of amides is 2. The Kier molecular flexibility index (Phi) is 6.95. The number of hydrogen-bond acceptors (Lipinski definition) is 5. The van der Waals surface area contributed by atoms with Crippen molar-refractivity contribution in [2.45, 2.75) is 42.9 Å². The van der Waals surface area contributed by atoms with Crippen molar-refractivity contribution in [1.29, 1.82) is 0 Å². The largest absolute Gasteiger partial charge is 0.459 e. The van der Waals surface area contributed by atoms with E-state index in [9.17, 15) is 18.0 Å². The Morgan fingerprint density at radius 2 is 1.66 bits per heavy atom. The zero-order chi connectivity index (χ0) is 22.6. The average molecular weight is 460 g/mol. The first kappa shape index (κ1) is 22.5. The Bertz CT molecular complexity index is 1020. The van der Waals surface area contributed by atoms with Crippen molar-refractivity contribution in [2.75, 3.05) is 32.7 Å². The van der Waals surface area contributed by atoms with E-state index in [2.05, 4.69) is 5.32 Å². The molecule has 0 atom stereocenters. The van der Waals surface area contributed by atoms with E-state index in [0.29, 0.717) is 10.8 Å². The van der Waals surface area contributed by atoms with E-state index in [-0.39, 0.29) is 44.4 Å². The van der Waals surface area contributed by atoms with E-state index in [4.69, 9.17) is 4.42 Å². The number of carbonyl (C=O) groups excluding carboxylic acids is 2. The fourth-order valence-electron chi connectivity index (χ4n) is 4.44. The van der Waals surface area contributed by atoms with Gasteiger partial charge in [-0.2, -0.15) is 4.31 Å². The lowest BCUT2D eigenvalue weighted by molar-refractivity contribution is -0.131. The molecule has 1 aromatic heterocycles. The molecule has 1 aliphatic carbocycles. The first-order valence-electron chi connectivity index (χ1n) is 11.1. The summed E-state index contributed by atoms with van der Waals surface area (Å²) in [5.74, 6) is -0.0356. The van der Waals surface area contributed by atoms with Crippen LogP contribution in [0.2, 0.25) is 0 Å². The van der Waals surface area contributed by atoms with Crippen molar-refractivity contribution < 1.29 is 22.4 Å². The zero-order valence-corrected chi connectivity index (χ0v) is 18.9. The molecule has 1 aliphatic heterocycles. The van der Waals surface area contributed by atoms with Gasteiger partial charge in [0.25, 0.3) is 5.91 Å². The highest BCUT2D eigenvalue weighted by atomic mass is 32.2. The monoisotopic (exact) mass is 459 g/mol. The van der Waals surface area contributed by atoms with E-state index in [1.54, 1.807) is 23.1 Å². The number of piperazine rings is 1. The molecular formula is C23H29N3O5S. The molecule has 2 aromatic rings. The quantitative estimate of drug-likeness (QED) is 0.716. The minimum atomic E-state index is -3.60. The van der Waals surface area contributed by atoms with Crippen LogP contribution in [0.4, 0.5) is 0 Å². The molecule has 4 rings (SSSR count). The van der Waals surface area contributed by atoms with Gasteiger partial charge in [-0.3, -0.25) is 9.59 Å². The molecule has 8 nitrogen and oxygen atoms in total. The van der Waals surface area contributed by atoms with Crippen LogP contribution in [-0.4, -0.2) is 62.2 Å². The van der Waals surface area contributed by atoms with Crippen molar-refractivity contribution in [3.63, 3.8) is 0 Å². The maximum Gasteiger partial charge on any atom is 0.287 e. The van der Waals surface area contributed by atoms with Crippen LogP contribution in [0.5, 0.6) is 0 Å². The van der Waals surface area contributed by atoms with Crippen LogP contribution in [0.15, 0.2) is 52.0 Å². The van der Waals surface area contributed by atoms with Gasteiger partial charge < -0.3 is 14.6 Å². The number of hydrogen-bond donors (Lipinski definition) is 1. The number of furan rings is 1. The van der Waals surface area contributed by atoms with E-state index in [0.717, 1.165) is 0 Å². The summed E-state index contributed by atoms with van der Waals surface area (Å²) in [7, 11) is -3.60. The molecule has 32 heavy (non-hydrogen) atoms. The maximum absolute atomic E-state index is 13.1. The maximum atomic E-state index is 13.1. The molecule has 2 fully saturated rings. The fraction of sp³-hybridized carbons (Fsp3) is 0.478. The van der Waals surface area contributed by atoms with Crippen LogP contribution in [0.25, 0.3) is 0 Å². The zero-order valence-electron chi connectivity index (χ0n) is 18.0. The minimum Gasteiger partial charge on any atom is -0.459 e. The number of nitrogens with zero attached hydrogens (tertiary/aromatic N) is 2. The van der Waals surface area contributed by atoms with Crippen LogP contribution in [-0.2, 0) is 14.8 Å². The lowest BCUT2D eigenvalue weighted by Gasteiger charge is -2.34. The van der Waals surface area contributed by atoms with Gasteiger partial charge in [0.1, 0.15) is 0 Å². The third-order valence-corrected chi connectivity index (χ3v) is 8.24. The smallest absolute Gasteiger partial charge is 0.287 e. The highest BCUT2D eigenvalue weighted by Crippen LogP contribution is 2.33. The third kappa shape index (κ3) is 5.05. The summed E-state index contributed by atoms with van der Waals surface area (Å²) in [5.41, 5.74) is 1.22. The summed E-state index contributed by atoms with van der Waals surface area (Å²) in [6.45, 7) is 0.869. The van der Waals surface area contributed by atoms with Crippen LogP contribution in [0.3, 0.4) is 0 Å². The standard InChI is InChI=1S/C23H29N3O5S/c27-22(17-24-23(28)21-7-4-16-31-21)25-12-14-26(15-13-25)32(29,30)20-10-8-19(9-11-20)18-5-2-1-3-6-18/h4,7-11,16,18H,1-3,5-6,12-15,17H2,(H,24,28). The van der Waals surface area contributed by atoms with Crippen molar-refractivity contribution in [1.82, 2.24) is 14.5 Å². The molecule has 9 heteroatoms. The SMILES string of the molecule is O=C(NCC(=O)N1CCN(S(=O)(=O)c2ccc(C3CCCCC3)cc2)CC1)c1ccco1. The summed E-state index contributed by atoms with van der Waals surface area (Å²) in [5, 5.41) is 2.53. The number of nitrogens with one attached hydrogen (secondary N) is 1. The average Bonchev–Trinajstić information content (AvgIpc) is 3.38. The van der Waals surface area contributed by atoms with Gasteiger partial charge >= 0.3 is 0 Å². The van der Waals surface area contributed by atoms with Gasteiger partial charge in [-0.15, -0.1) is 0 Å². The molecule has 1 aromatic carbocycles. The number of sulfonamides is 1.